The van der Waals surface area contributed by atoms with Gasteiger partial charge in [0.25, 0.3) is 0 Å². The maximum atomic E-state index is 12.3. The number of nitrogens with one attached hydrogen (secondary N) is 1. The van der Waals surface area contributed by atoms with Crippen LogP contribution in [0.1, 0.15) is 45.6 Å². The maximum absolute atomic E-state index is 12.3. The fraction of sp³-hybridized carbons (Fsp3) is 0.625. The van der Waals surface area contributed by atoms with Crippen LogP contribution in [0.15, 0.2) is 29.2 Å². The second kappa shape index (κ2) is 8.51. The molecule has 0 aromatic heterocycles. The first-order chi connectivity index (χ1) is 9.85. The molecule has 0 saturated carbocycles. The number of hydrogen-bond donors (Lipinski definition) is 2. The van der Waals surface area contributed by atoms with Crippen molar-refractivity contribution in [3.63, 3.8) is 0 Å². The number of benzene rings is 1. The Hall–Kier alpha value is -0.910. The van der Waals surface area contributed by atoms with E-state index in [9.17, 15) is 8.42 Å². The van der Waals surface area contributed by atoms with Gasteiger partial charge in [-0.3, -0.25) is 0 Å². The molecule has 0 aliphatic heterocycles. The molecule has 1 rings (SSSR count). The molecule has 21 heavy (non-hydrogen) atoms. The monoisotopic (exact) mass is 312 g/mol. The van der Waals surface area contributed by atoms with Crippen LogP contribution in [-0.4, -0.2) is 21.0 Å². The van der Waals surface area contributed by atoms with Gasteiger partial charge in [0.15, 0.2) is 0 Å². The lowest BCUT2D eigenvalue weighted by molar-refractivity contribution is 0.485. The van der Waals surface area contributed by atoms with Crippen molar-refractivity contribution in [2.75, 3.05) is 6.54 Å². The van der Waals surface area contributed by atoms with Crippen LogP contribution < -0.4 is 10.5 Å². The average Bonchev–Trinajstić information content (AvgIpc) is 2.43. The zero-order valence-corrected chi connectivity index (χ0v) is 14.1. The molecule has 0 aliphatic rings. The average molecular weight is 312 g/mol. The molecule has 0 heterocycles. The van der Waals surface area contributed by atoms with E-state index in [2.05, 4.69) is 18.6 Å². The Morgan fingerprint density at radius 1 is 1.10 bits per heavy atom. The first kappa shape index (κ1) is 18.1. The Morgan fingerprint density at radius 3 is 2.24 bits per heavy atom. The van der Waals surface area contributed by atoms with Crippen molar-refractivity contribution in [2.24, 2.45) is 11.7 Å². The lowest BCUT2D eigenvalue weighted by atomic mass is 10.1. The Bertz CT molecular complexity index is 510. The van der Waals surface area contributed by atoms with E-state index in [0.717, 1.165) is 31.2 Å². The summed E-state index contributed by atoms with van der Waals surface area (Å²) in [6.45, 7) is 6.84. The van der Waals surface area contributed by atoms with Crippen LogP contribution >= 0.6 is 0 Å². The summed E-state index contributed by atoms with van der Waals surface area (Å²) in [6.07, 6.45) is 3.67. The quantitative estimate of drug-likeness (QED) is 0.736. The summed E-state index contributed by atoms with van der Waals surface area (Å²) < 4.78 is 27.3. The highest BCUT2D eigenvalue weighted by Crippen LogP contribution is 2.14. The lowest BCUT2D eigenvalue weighted by Gasteiger charge is -2.15. The van der Waals surface area contributed by atoms with E-state index in [-0.39, 0.29) is 6.04 Å². The third-order valence-corrected chi connectivity index (χ3v) is 5.04. The van der Waals surface area contributed by atoms with Crippen LogP contribution in [-0.2, 0) is 16.4 Å². The highest BCUT2D eigenvalue weighted by molar-refractivity contribution is 7.89. The highest BCUT2D eigenvalue weighted by atomic mass is 32.2. The zero-order valence-electron chi connectivity index (χ0n) is 13.3. The van der Waals surface area contributed by atoms with Gasteiger partial charge < -0.3 is 5.73 Å². The molecule has 0 aliphatic carbocycles. The van der Waals surface area contributed by atoms with Gasteiger partial charge in [-0.1, -0.05) is 26.0 Å². The van der Waals surface area contributed by atoms with Crippen molar-refractivity contribution in [3.05, 3.63) is 29.8 Å². The molecule has 5 heteroatoms. The smallest absolute Gasteiger partial charge is 0.240 e. The molecule has 1 unspecified atom stereocenters. The second-order valence-electron chi connectivity index (χ2n) is 6.03. The molecule has 3 N–H and O–H groups in total. The Morgan fingerprint density at radius 2 is 1.71 bits per heavy atom. The van der Waals surface area contributed by atoms with Crippen LogP contribution in [0.25, 0.3) is 0 Å². The molecular weight excluding hydrogens is 284 g/mol. The van der Waals surface area contributed by atoms with Crippen LogP contribution in [0, 0.1) is 5.92 Å². The van der Waals surface area contributed by atoms with E-state index in [1.54, 1.807) is 12.1 Å². The molecule has 0 bridgehead atoms. The van der Waals surface area contributed by atoms with Crippen molar-refractivity contribution in [2.45, 2.75) is 57.4 Å². The highest BCUT2D eigenvalue weighted by Gasteiger charge is 2.17. The van der Waals surface area contributed by atoms with E-state index in [1.165, 1.54) is 0 Å². The summed E-state index contributed by atoms with van der Waals surface area (Å²) in [5, 5.41) is 0. The largest absolute Gasteiger partial charge is 0.330 e. The van der Waals surface area contributed by atoms with Gasteiger partial charge in [-0.15, -0.1) is 0 Å². The summed E-state index contributed by atoms with van der Waals surface area (Å²) in [6, 6.07) is 7.02. The summed E-state index contributed by atoms with van der Waals surface area (Å²) in [7, 11) is -3.42. The summed E-state index contributed by atoms with van der Waals surface area (Å²) in [5.74, 6) is 0.582. The number of hydrogen-bond acceptors (Lipinski definition) is 3. The SMILES string of the molecule is CC(C)CCC(C)NS(=O)(=O)c1ccc(CCCN)cc1. The molecule has 1 aromatic rings. The summed E-state index contributed by atoms with van der Waals surface area (Å²) >= 11 is 0. The maximum Gasteiger partial charge on any atom is 0.240 e. The predicted octanol–water partition coefficient (Wildman–Crippen LogP) is 2.68. The third kappa shape index (κ3) is 6.59. The normalized spacial score (nSPS) is 13.6. The molecular formula is C16H28N2O2S. The van der Waals surface area contributed by atoms with Gasteiger partial charge in [0, 0.05) is 6.04 Å². The minimum absolute atomic E-state index is 0.0469. The van der Waals surface area contributed by atoms with Gasteiger partial charge in [-0.25, -0.2) is 13.1 Å². The first-order valence-electron chi connectivity index (χ1n) is 7.66. The Balaban J connectivity index is 2.65. The van der Waals surface area contributed by atoms with Crippen molar-refractivity contribution in [1.82, 2.24) is 4.72 Å². The first-order valence-corrected chi connectivity index (χ1v) is 9.15. The van der Waals surface area contributed by atoms with E-state index in [0.29, 0.717) is 17.4 Å². The number of sulfonamides is 1. The van der Waals surface area contributed by atoms with Crippen LogP contribution in [0.2, 0.25) is 0 Å². The van der Waals surface area contributed by atoms with Crippen LogP contribution in [0.3, 0.4) is 0 Å². The van der Waals surface area contributed by atoms with E-state index >= 15 is 0 Å². The minimum atomic E-state index is -3.42. The van der Waals surface area contributed by atoms with Crippen molar-refractivity contribution in [3.8, 4) is 0 Å². The van der Waals surface area contributed by atoms with Gasteiger partial charge in [0.2, 0.25) is 10.0 Å². The molecule has 0 saturated heterocycles. The molecule has 0 fully saturated rings. The van der Waals surface area contributed by atoms with Crippen LogP contribution in [0.4, 0.5) is 0 Å². The Labute approximate surface area is 129 Å². The lowest BCUT2D eigenvalue weighted by Crippen LogP contribution is -2.32. The third-order valence-electron chi connectivity index (χ3n) is 3.44. The standard InChI is InChI=1S/C16H28N2O2S/c1-13(2)6-7-14(3)18-21(19,20)16-10-8-15(9-11-16)5-4-12-17/h8-11,13-14,18H,4-7,12,17H2,1-3H3. The summed E-state index contributed by atoms with van der Waals surface area (Å²) in [4.78, 5) is 0.329. The molecule has 1 atom stereocenters. The number of rotatable bonds is 9. The number of aryl methyl sites for hydroxylation is 1. The van der Waals surface area contributed by atoms with Gasteiger partial charge in [0.1, 0.15) is 0 Å². The topological polar surface area (TPSA) is 72.2 Å². The van der Waals surface area contributed by atoms with Gasteiger partial charge in [0.05, 0.1) is 4.90 Å². The Kier molecular flexibility index (Phi) is 7.35. The molecule has 0 radical (unpaired) electrons. The van der Waals surface area contributed by atoms with Crippen molar-refractivity contribution < 1.29 is 8.42 Å². The second-order valence-corrected chi connectivity index (χ2v) is 7.74. The number of nitrogens with two attached hydrogens (primary N) is 1. The molecule has 4 nitrogen and oxygen atoms in total. The predicted molar refractivity (Wildman–Crippen MR) is 87.7 cm³/mol. The van der Waals surface area contributed by atoms with Gasteiger partial charge in [-0.05, 0) is 62.8 Å². The minimum Gasteiger partial charge on any atom is -0.330 e. The molecule has 1 aromatic carbocycles. The van der Waals surface area contributed by atoms with Crippen molar-refractivity contribution >= 4 is 10.0 Å². The van der Waals surface area contributed by atoms with Gasteiger partial charge >= 0.3 is 0 Å². The fourth-order valence-corrected chi connectivity index (χ4v) is 3.39. The molecule has 120 valence electrons. The fourth-order valence-electron chi connectivity index (χ4n) is 2.12. The van der Waals surface area contributed by atoms with E-state index in [4.69, 9.17) is 5.73 Å². The molecule has 0 spiro atoms. The molecule has 0 amide bonds. The van der Waals surface area contributed by atoms with E-state index < -0.39 is 10.0 Å². The zero-order chi connectivity index (χ0) is 15.9. The van der Waals surface area contributed by atoms with Gasteiger partial charge in [-0.2, -0.15) is 0 Å². The van der Waals surface area contributed by atoms with Crippen molar-refractivity contribution in [1.29, 1.82) is 0 Å². The summed E-state index contributed by atoms with van der Waals surface area (Å²) in [5.41, 5.74) is 6.59. The van der Waals surface area contributed by atoms with Crippen LogP contribution in [0.5, 0.6) is 0 Å². The van der Waals surface area contributed by atoms with E-state index in [1.807, 2.05) is 19.1 Å².